The van der Waals surface area contributed by atoms with E-state index in [9.17, 15) is 9.59 Å². The Morgan fingerprint density at radius 3 is 2.50 bits per heavy atom. The second-order valence-electron chi connectivity index (χ2n) is 5.56. The molecule has 0 bridgehead atoms. The highest BCUT2D eigenvalue weighted by molar-refractivity contribution is 5.95. The van der Waals surface area contributed by atoms with Crippen LogP contribution in [0.2, 0.25) is 0 Å². The third-order valence-corrected chi connectivity index (χ3v) is 3.63. The summed E-state index contributed by atoms with van der Waals surface area (Å²) in [4.78, 5) is 26.4. The summed E-state index contributed by atoms with van der Waals surface area (Å²) in [5, 5.41) is 2.79. The van der Waals surface area contributed by atoms with Crippen LogP contribution in [0.25, 0.3) is 0 Å². The minimum Gasteiger partial charge on any atom is -0.459 e. The van der Waals surface area contributed by atoms with Crippen LogP contribution in [-0.2, 0) is 4.79 Å². The van der Waals surface area contributed by atoms with Crippen LogP contribution in [0.4, 0.5) is 0 Å². The van der Waals surface area contributed by atoms with E-state index < -0.39 is 6.04 Å². The van der Waals surface area contributed by atoms with E-state index in [2.05, 4.69) is 5.32 Å². The van der Waals surface area contributed by atoms with Crippen LogP contribution < -0.4 is 5.32 Å². The van der Waals surface area contributed by atoms with Crippen LogP contribution in [0.3, 0.4) is 0 Å². The van der Waals surface area contributed by atoms with Gasteiger partial charge in [-0.1, -0.05) is 13.8 Å². The lowest BCUT2D eigenvalue weighted by Crippen LogP contribution is -2.52. The standard InChI is InChI=1S/C15H22N2O3/c1-11(2)13(15(19)17-8-4-3-5-9-17)16-14(18)12-7-6-10-20-12/h6-7,10-11,13H,3-5,8-9H2,1-2H3,(H,16,18)/t13-/m1/s1. The highest BCUT2D eigenvalue weighted by Gasteiger charge is 2.30. The number of nitrogens with one attached hydrogen (secondary N) is 1. The number of likely N-dealkylation sites (tertiary alicyclic amines) is 1. The predicted octanol–water partition coefficient (Wildman–Crippen LogP) is 2.05. The molecular formula is C15H22N2O3. The first-order chi connectivity index (χ1) is 9.59. The van der Waals surface area contributed by atoms with Crippen LogP contribution in [0, 0.1) is 5.92 Å². The molecule has 1 aliphatic heterocycles. The molecule has 2 amide bonds. The number of furan rings is 1. The van der Waals surface area contributed by atoms with Crippen LogP contribution in [0.5, 0.6) is 0 Å². The molecule has 20 heavy (non-hydrogen) atoms. The van der Waals surface area contributed by atoms with Crippen LogP contribution in [-0.4, -0.2) is 35.8 Å². The molecule has 0 radical (unpaired) electrons. The second-order valence-corrected chi connectivity index (χ2v) is 5.56. The number of piperidine rings is 1. The summed E-state index contributed by atoms with van der Waals surface area (Å²) in [7, 11) is 0. The molecule has 1 N–H and O–H groups in total. The van der Waals surface area contributed by atoms with E-state index >= 15 is 0 Å². The van der Waals surface area contributed by atoms with Crippen molar-refractivity contribution in [3.8, 4) is 0 Å². The molecular weight excluding hydrogens is 256 g/mol. The van der Waals surface area contributed by atoms with Crippen molar-refractivity contribution in [2.45, 2.75) is 39.2 Å². The molecule has 1 aromatic heterocycles. The van der Waals surface area contributed by atoms with Crippen molar-refractivity contribution in [3.63, 3.8) is 0 Å². The molecule has 110 valence electrons. The molecule has 0 unspecified atom stereocenters. The van der Waals surface area contributed by atoms with Gasteiger partial charge in [-0.05, 0) is 37.3 Å². The molecule has 2 heterocycles. The molecule has 1 saturated heterocycles. The number of carbonyl (C=O) groups is 2. The van der Waals surface area contributed by atoms with Crippen molar-refractivity contribution in [2.24, 2.45) is 5.92 Å². The highest BCUT2D eigenvalue weighted by atomic mass is 16.3. The van der Waals surface area contributed by atoms with Gasteiger partial charge in [-0.25, -0.2) is 0 Å². The van der Waals surface area contributed by atoms with E-state index in [0.29, 0.717) is 0 Å². The quantitative estimate of drug-likeness (QED) is 0.916. The first-order valence-electron chi connectivity index (χ1n) is 7.22. The number of amides is 2. The summed E-state index contributed by atoms with van der Waals surface area (Å²) >= 11 is 0. The Kier molecular flexibility index (Phi) is 4.82. The Hall–Kier alpha value is -1.78. The van der Waals surface area contributed by atoms with Crippen molar-refractivity contribution in [1.29, 1.82) is 0 Å². The van der Waals surface area contributed by atoms with Crippen LogP contribution in [0.1, 0.15) is 43.7 Å². The highest BCUT2D eigenvalue weighted by Crippen LogP contribution is 2.14. The molecule has 1 atom stereocenters. The van der Waals surface area contributed by atoms with Crippen molar-refractivity contribution in [1.82, 2.24) is 10.2 Å². The Morgan fingerprint density at radius 1 is 1.25 bits per heavy atom. The maximum atomic E-state index is 12.5. The normalized spacial score (nSPS) is 17.1. The average molecular weight is 278 g/mol. The second kappa shape index (κ2) is 6.59. The van der Waals surface area contributed by atoms with Crippen molar-refractivity contribution in [3.05, 3.63) is 24.2 Å². The summed E-state index contributed by atoms with van der Waals surface area (Å²) < 4.78 is 5.06. The van der Waals surface area contributed by atoms with Crippen molar-refractivity contribution in [2.75, 3.05) is 13.1 Å². The Bertz CT molecular complexity index is 448. The van der Waals surface area contributed by atoms with E-state index in [1.807, 2.05) is 18.7 Å². The van der Waals surface area contributed by atoms with Crippen LogP contribution >= 0.6 is 0 Å². The number of carbonyl (C=O) groups excluding carboxylic acids is 2. The molecule has 0 aromatic carbocycles. The smallest absolute Gasteiger partial charge is 0.287 e. The van der Waals surface area contributed by atoms with Crippen molar-refractivity contribution < 1.29 is 14.0 Å². The summed E-state index contributed by atoms with van der Waals surface area (Å²) in [6, 6.07) is 2.76. The van der Waals surface area contributed by atoms with Crippen LogP contribution in [0.15, 0.2) is 22.8 Å². The van der Waals surface area contributed by atoms with Gasteiger partial charge in [0.1, 0.15) is 6.04 Å². The zero-order valence-corrected chi connectivity index (χ0v) is 12.1. The third-order valence-electron chi connectivity index (χ3n) is 3.63. The SMILES string of the molecule is CC(C)[C@@H](NC(=O)c1ccco1)C(=O)N1CCCCC1. The number of hydrogen-bond donors (Lipinski definition) is 1. The number of hydrogen-bond acceptors (Lipinski definition) is 3. The minimum atomic E-state index is -0.495. The van der Waals surface area contributed by atoms with E-state index in [4.69, 9.17) is 4.42 Å². The van der Waals surface area contributed by atoms with E-state index in [1.165, 1.54) is 12.7 Å². The van der Waals surface area contributed by atoms with E-state index in [1.54, 1.807) is 12.1 Å². The molecule has 5 nitrogen and oxygen atoms in total. The summed E-state index contributed by atoms with van der Waals surface area (Å²) in [6.07, 6.45) is 4.71. The average Bonchev–Trinajstić information content (AvgIpc) is 2.98. The van der Waals surface area contributed by atoms with E-state index in [-0.39, 0.29) is 23.5 Å². The molecule has 1 aliphatic rings. The van der Waals surface area contributed by atoms with Gasteiger partial charge < -0.3 is 14.6 Å². The number of rotatable bonds is 4. The summed E-state index contributed by atoms with van der Waals surface area (Å²) in [6.45, 7) is 5.46. The topological polar surface area (TPSA) is 62.6 Å². The lowest BCUT2D eigenvalue weighted by atomic mass is 10.0. The van der Waals surface area contributed by atoms with E-state index in [0.717, 1.165) is 25.9 Å². The number of nitrogens with zero attached hydrogens (tertiary/aromatic N) is 1. The lowest BCUT2D eigenvalue weighted by molar-refractivity contribution is -0.135. The molecule has 0 aliphatic carbocycles. The minimum absolute atomic E-state index is 0.0135. The molecule has 5 heteroatoms. The van der Waals surface area contributed by atoms with Crippen molar-refractivity contribution >= 4 is 11.8 Å². The van der Waals surface area contributed by atoms with Gasteiger partial charge in [0, 0.05) is 13.1 Å². The maximum absolute atomic E-state index is 12.5. The Morgan fingerprint density at radius 2 is 1.95 bits per heavy atom. The third kappa shape index (κ3) is 3.40. The monoisotopic (exact) mass is 278 g/mol. The summed E-state index contributed by atoms with van der Waals surface area (Å²) in [5.74, 6) is -0.0379. The van der Waals surface area contributed by atoms with Gasteiger partial charge >= 0.3 is 0 Å². The van der Waals surface area contributed by atoms with Gasteiger partial charge in [0.15, 0.2) is 5.76 Å². The molecule has 0 saturated carbocycles. The molecule has 2 rings (SSSR count). The maximum Gasteiger partial charge on any atom is 0.287 e. The largest absolute Gasteiger partial charge is 0.459 e. The zero-order valence-electron chi connectivity index (χ0n) is 12.1. The Balaban J connectivity index is 2.02. The first kappa shape index (κ1) is 14.6. The summed E-state index contributed by atoms with van der Waals surface area (Å²) in [5.41, 5.74) is 0. The van der Waals surface area contributed by atoms with Gasteiger partial charge in [0.05, 0.1) is 6.26 Å². The fourth-order valence-corrected chi connectivity index (χ4v) is 2.44. The van der Waals surface area contributed by atoms with Gasteiger partial charge in [-0.2, -0.15) is 0 Å². The van der Waals surface area contributed by atoms with Gasteiger partial charge in [0.25, 0.3) is 5.91 Å². The first-order valence-corrected chi connectivity index (χ1v) is 7.22. The molecule has 1 aromatic rings. The van der Waals surface area contributed by atoms with Gasteiger partial charge in [-0.3, -0.25) is 9.59 Å². The molecule has 1 fully saturated rings. The molecule has 0 spiro atoms. The van der Waals surface area contributed by atoms with Gasteiger partial charge in [-0.15, -0.1) is 0 Å². The zero-order chi connectivity index (χ0) is 14.5. The fourth-order valence-electron chi connectivity index (χ4n) is 2.44. The predicted molar refractivity (Wildman–Crippen MR) is 75.2 cm³/mol. The van der Waals surface area contributed by atoms with Gasteiger partial charge in [0.2, 0.25) is 5.91 Å². The lowest BCUT2D eigenvalue weighted by Gasteiger charge is -2.32. The fraction of sp³-hybridized carbons (Fsp3) is 0.600. The Labute approximate surface area is 119 Å².